The van der Waals surface area contributed by atoms with Crippen LogP contribution in [0, 0.1) is 5.82 Å². The average Bonchev–Trinajstić information content (AvgIpc) is 3.59. The first-order chi connectivity index (χ1) is 18.2. The summed E-state index contributed by atoms with van der Waals surface area (Å²) in [5.41, 5.74) is 1.86. The summed E-state index contributed by atoms with van der Waals surface area (Å²) in [5, 5.41) is 32.3. The molecule has 1 aromatic heterocycles. The molecule has 2 aliphatic rings. The number of phenolic OH excluding ortho intramolecular Hbond substituents is 2. The fourth-order valence-electron chi connectivity index (χ4n) is 4.87. The highest BCUT2D eigenvalue weighted by molar-refractivity contribution is 5.92. The number of carbonyl (C=O) groups excluding carboxylic acids is 1. The summed E-state index contributed by atoms with van der Waals surface area (Å²) in [6, 6.07) is 7.87. The van der Waals surface area contributed by atoms with Gasteiger partial charge in [0.1, 0.15) is 17.3 Å². The van der Waals surface area contributed by atoms with Crippen LogP contribution in [0.5, 0.6) is 11.5 Å². The number of carbonyl (C=O) groups is 1. The summed E-state index contributed by atoms with van der Waals surface area (Å²) in [4.78, 5) is 17.7. The summed E-state index contributed by atoms with van der Waals surface area (Å²) in [6.07, 6.45) is 1.80. The molecule has 3 N–H and O–H groups in total. The molecule has 0 bridgehead atoms. The lowest BCUT2D eigenvalue weighted by Gasteiger charge is -2.34. The normalized spacial score (nSPS) is 16.8. The number of phenols is 2. The molecule has 9 nitrogen and oxygen atoms in total. The Hall–Kier alpha value is -3.50. The van der Waals surface area contributed by atoms with Crippen molar-refractivity contribution in [1.29, 1.82) is 0 Å². The van der Waals surface area contributed by atoms with Crippen molar-refractivity contribution in [2.45, 2.75) is 52.1 Å². The Morgan fingerprint density at radius 1 is 1.05 bits per heavy atom. The summed E-state index contributed by atoms with van der Waals surface area (Å²) >= 11 is 0. The molecule has 2 fully saturated rings. The number of aromatic hydroxyl groups is 2. The number of piperazine rings is 1. The minimum absolute atomic E-state index is 0.00769. The Kier molecular flexibility index (Phi) is 7.36. The van der Waals surface area contributed by atoms with Gasteiger partial charge in [-0.1, -0.05) is 26.8 Å². The Bertz CT molecular complexity index is 1330. The van der Waals surface area contributed by atoms with Crippen molar-refractivity contribution >= 4 is 5.91 Å². The molecule has 5 rings (SSSR count). The molecule has 1 saturated heterocycles. The summed E-state index contributed by atoms with van der Waals surface area (Å²) in [6.45, 7) is 11.2. The maximum atomic E-state index is 15.5. The third kappa shape index (κ3) is 5.37. The van der Waals surface area contributed by atoms with E-state index in [9.17, 15) is 15.0 Å². The van der Waals surface area contributed by atoms with Crippen LogP contribution in [0.2, 0.25) is 0 Å². The first kappa shape index (κ1) is 26.1. The van der Waals surface area contributed by atoms with E-state index < -0.39 is 5.91 Å². The van der Waals surface area contributed by atoms with E-state index in [-0.39, 0.29) is 40.9 Å². The van der Waals surface area contributed by atoms with Crippen LogP contribution in [-0.2, 0) is 6.54 Å². The molecule has 1 aliphatic heterocycles. The van der Waals surface area contributed by atoms with Crippen molar-refractivity contribution < 1.29 is 19.4 Å². The highest BCUT2D eigenvalue weighted by Gasteiger charge is 2.29. The number of hydrogen-bond acceptors (Lipinski definition) is 7. The zero-order valence-electron chi connectivity index (χ0n) is 22.1. The lowest BCUT2D eigenvalue weighted by atomic mass is 9.98. The van der Waals surface area contributed by atoms with Gasteiger partial charge in [-0.3, -0.25) is 14.3 Å². The van der Waals surface area contributed by atoms with Crippen molar-refractivity contribution in [3.05, 3.63) is 53.1 Å². The van der Waals surface area contributed by atoms with Gasteiger partial charge in [0.15, 0.2) is 5.82 Å². The fraction of sp³-hybridized carbons (Fsp3) is 0.464. The van der Waals surface area contributed by atoms with Gasteiger partial charge in [0.2, 0.25) is 5.82 Å². The van der Waals surface area contributed by atoms with E-state index in [1.807, 2.05) is 13.8 Å². The van der Waals surface area contributed by atoms with E-state index in [4.69, 9.17) is 0 Å². The molecule has 202 valence electrons. The molecule has 0 radical (unpaired) electrons. The third-order valence-electron chi connectivity index (χ3n) is 7.39. The maximum Gasteiger partial charge on any atom is 0.289 e. The first-order valence-electron chi connectivity index (χ1n) is 13.3. The molecule has 0 unspecified atom stereocenters. The first-order valence-corrected chi connectivity index (χ1v) is 13.3. The minimum Gasteiger partial charge on any atom is -0.508 e. The molecule has 0 atom stereocenters. The van der Waals surface area contributed by atoms with Crippen molar-refractivity contribution in [2.75, 3.05) is 32.7 Å². The molecule has 38 heavy (non-hydrogen) atoms. The van der Waals surface area contributed by atoms with E-state index in [2.05, 4.69) is 32.2 Å². The predicted octanol–water partition coefficient (Wildman–Crippen LogP) is 3.64. The second kappa shape index (κ2) is 10.7. The van der Waals surface area contributed by atoms with Crippen LogP contribution in [0.3, 0.4) is 0 Å². The van der Waals surface area contributed by atoms with Crippen LogP contribution in [0.4, 0.5) is 4.39 Å². The molecule has 0 spiro atoms. The third-order valence-corrected chi connectivity index (χ3v) is 7.39. The standard InChI is InChI=1S/C28H35FN6O3/c1-4-33-9-11-34(12-10-33)16-18-5-8-20(13-23(18)29)35-26(31-32-27(35)28(38)30-19-6-7-19)22-14-21(17(2)3)24(36)15-25(22)37/h5,8,13-15,17,19,36-37H,4,6-7,9-12,16H2,1-3H3,(H,30,38). The maximum absolute atomic E-state index is 15.5. The summed E-state index contributed by atoms with van der Waals surface area (Å²) < 4.78 is 16.9. The molecule has 3 aromatic rings. The van der Waals surface area contributed by atoms with Crippen LogP contribution >= 0.6 is 0 Å². The molecule has 10 heteroatoms. The van der Waals surface area contributed by atoms with E-state index in [1.54, 1.807) is 18.2 Å². The van der Waals surface area contributed by atoms with Gasteiger partial charge < -0.3 is 20.4 Å². The number of rotatable bonds is 8. The van der Waals surface area contributed by atoms with Gasteiger partial charge >= 0.3 is 0 Å². The van der Waals surface area contributed by atoms with Crippen LogP contribution in [0.25, 0.3) is 17.1 Å². The number of likely N-dealkylation sites (N-methyl/N-ethyl adjacent to an activating group) is 1. The Labute approximate surface area is 221 Å². The summed E-state index contributed by atoms with van der Waals surface area (Å²) in [5.74, 6) is -0.869. The number of nitrogens with one attached hydrogen (secondary N) is 1. The SMILES string of the molecule is CCN1CCN(Cc2ccc(-n3c(C(=O)NC4CC4)nnc3-c3cc(C(C)C)c(O)cc3O)cc2F)CC1. The molecule has 1 aliphatic carbocycles. The smallest absolute Gasteiger partial charge is 0.289 e. The minimum atomic E-state index is -0.410. The number of nitrogens with zero attached hydrogens (tertiary/aromatic N) is 5. The average molecular weight is 523 g/mol. The zero-order chi connectivity index (χ0) is 27.0. The predicted molar refractivity (Wildman–Crippen MR) is 142 cm³/mol. The van der Waals surface area contributed by atoms with Crippen molar-refractivity contribution in [1.82, 2.24) is 29.9 Å². The summed E-state index contributed by atoms with van der Waals surface area (Å²) in [7, 11) is 0. The van der Waals surface area contributed by atoms with Crippen LogP contribution in [0.1, 0.15) is 61.3 Å². The Morgan fingerprint density at radius 2 is 1.76 bits per heavy atom. The van der Waals surface area contributed by atoms with Gasteiger partial charge in [-0.25, -0.2) is 4.39 Å². The van der Waals surface area contributed by atoms with Gasteiger partial charge in [-0.05, 0) is 49.1 Å². The highest BCUT2D eigenvalue weighted by atomic mass is 19.1. The van der Waals surface area contributed by atoms with E-state index in [0.717, 1.165) is 45.6 Å². The molecule has 1 saturated carbocycles. The van der Waals surface area contributed by atoms with Gasteiger partial charge in [-0.2, -0.15) is 0 Å². The van der Waals surface area contributed by atoms with E-state index >= 15 is 4.39 Å². The van der Waals surface area contributed by atoms with Gasteiger partial charge in [0.25, 0.3) is 5.91 Å². The highest BCUT2D eigenvalue weighted by Crippen LogP contribution is 2.38. The van der Waals surface area contributed by atoms with Crippen LogP contribution in [-0.4, -0.2) is 79.5 Å². The number of benzene rings is 2. The lowest BCUT2D eigenvalue weighted by molar-refractivity contribution is 0.0938. The van der Waals surface area contributed by atoms with Gasteiger partial charge in [-0.15, -0.1) is 10.2 Å². The Balaban J connectivity index is 1.52. The van der Waals surface area contributed by atoms with E-state index in [0.29, 0.717) is 28.9 Å². The number of amides is 1. The van der Waals surface area contributed by atoms with Crippen LogP contribution < -0.4 is 5.32 Å². The van der Waals surface area contributed by atoms with Gasteiger partial charge in [0.05, 0.1) is 11.3 Å². The number of aromatic nitrogens is 3. The van der Waals surface area contributed by atoms with Crippen molar-refractivity contribution in [2.24, 2.45) is 0 Å². The number of hydrogen-bond donors (Lipinski definition) is 3. The molecule has 2 heterocycles. The molecular formula is C28H35FN6O3. The largest absolute Gasteiger partial charge is 0.508 e. The van der Waals surface area contributed by atoms with Crippen molar-refractivity contribution in [3.8, 4) is 28.6 Å². The van der Waals surface area contributed by atoms with Crippen molar-refractivity contribution in [3.63, 3.8) is 0 Å². The quantitative estimate of drug-likeness (QED) is 0.415. The fourth-order valence-corrected chi connectivity index (χ4v) is 4.87. The van der Waals surface area contributed by atoms with E-state index in [1.165, 1.54) is 16.7 Å². The Morgan fingerprint density at radius 3 is 2.39 bits per heavy atom. The molecular weight excluding hydrogens is 487 g/mol. The molecule has 1 amide bonds. The zero-order valence-corrected chi connectivity index (χ0v) is 22.1. The van der Waals surface area contributed by atoms with Gasteiger partial charge in [0, 0.05) is 50.4 Å². The number of halogens is 1. The molecule has 2 aromatic carbocycles. The second-order valence-corrected chi connectivity index (χ2v) is 10.5. The van der Waals surface area contributed by atoms with Crippen LogP contribution in [0.15, 0.2) is 30.3 Å². The second-order valence-electron chi connectivity index (χ2n) is 10.5. The topological polar surface area (TPSA) is 107 Å². The monoisotopic (exact) mass is 522 g/mol. The lowest BCUT2D eigenvalue weighted by Crippen LogP contribution is -2.45.